The largest absolute Gasteiger partial charge is 0.368 e. The van der Waals surface area contributed by atoms with Crippen LogP contribution in [-0.4, -0.2) is 27.2 Å². The maximum absolute atomic E-state index is 10.8. The Bertz CT molecular complexity index is 283. The standard InChI is InChI=1S/C7H12N4OS/c1-7(9,5(8)12)4-13-6-10-2-3-11-6/h2-3H,4,9H2,1H3,(H2,8,12)(H,10,11). The van der Waals surface area contributed by atoms with Gasteiger partial charge in [-0.1, -0.05) is 11.8 Å². The summed E-state index contributed by atoms with van der Waals surface area (Å²) >= 11 is 1.37. The van der Waals surface area contributed by atoms with Crippen molar-refractivity contribution in [2.75, 3.05) is 5.75 Å². The third-order valence-corrected chi connectivity index (χ3v) is 2.79. The fourth-order valence-corrected chi connectivity index (χ4v) is 1.48. The molecule has 5 nitrogen and oxygen atoms in total. The zero-order valence-electron chi connectivity index (χ0n) is 7.28. The SMILES string of the molecule is CC(N)(CSc1ncc[nH]1)C(N)=O. The van der Waals surface area contributed by atoms with Crippen LogP contribution in [0.5, 0.6) is 0 Å². The van der Waals surface area contributed by atoms with Gasteiger partial charge in [0, 0.05) is 18.1 Å². The normalized spacial score (nSPS) is 15.2. The van der Waals surface area contributed by atoms with E-state index >= 15 is 0 Å². The van der Waals surface area contributed by atoms with Crippen molar-refractivity contribution < 1.29 is 4.79 Å². The maximum atomic E-state index is 10.8. The molecule has 0 aliphatic rings. The number of amides is 1. The first kappa shape index (κ1) is 10.1. The number of carbonyl (C=O) groups is 1. The van der Waals surface area contributed by atoms with Gasteiger partial charge in [-0.15, -0.1) is 0 Å². The molecule has 6 heteroatoms. The van der Waals surface area contributed by atoms with Gasteiger partial charge in [0.1, 0.15) is 5.54 Å². The van der Waals surface area contributed by atoms with Gasteiger partial charge in [0.25, 0.3) is 0 Å². The number of primary amides is 1. The third-order valence-electron chi connectivity index (χ3n) is 1.54. The van der Waals surface area contributed by atoms with Crippen LogP contribution in [0.4, 0.5) is 0 Å². The summed E-state index contributed by atoms with van der Waals surface area (Å²) in [4.78, 5) is 17.7. The quantitative estimate of drug-likeness (QED) is 0.581. The molecule has 0 saturated carbocycles. The average Bonchev–Trinajstić information content (AvgIpc) is 2.52. The number of nitrogens with one attached hydrogen (secondary N) is 1. The van der Waals surface area contributed by atoms with E-state index in [0.29, 0.717) is 5.75 Å². The number of nitrogens with zero attached hydrogens (tertiary/aromatic N) is 1. The van der Waals surface area contributed by atoms with E-state index in [2.05, 4.69) is 9.97 Å². The number of hydrogen-bond acceptors (Lipinski definition) is 4. The smallest absolute Gasteiger partial charge is 0.238 e. The van der Waals surface area contributed by atoms with Crippen molar-refractivity contribution in [1.82, 2.24) is 9.97 Å². The number of rotatable bonds is 4. The minimum atomic E-state index is -0.989. The van der Waals surface area contributed by atoms with E-state index in [0.717, 1.165) is 5.16 Å². The molecule has 0 bridgehead atoms. The minimum absolute atomic E-state index is 0.413. The molecule has 1 aromatic rings. The van der Waals surface area contributed by atoms with Crippen LogP contribution >= 0.6 is 11.8 Å². The van der Waals surface area contributed by atoms with E-state index in [-0.39, 0.29) is 0 Å². The van der Waals surface area contributed by atoms with Crippen LogP contribution in [0.15, 0.2) is 17.6 Å². The molecule has 1 aromatic heterocycles. The van der Waals surface area contributed by atoms with Crippen molar-refractivity contribution in [2.45, 2.75) is 17.6 Å². The molecule has 5 N–H and O–H groups in total. The van der Waals surface area contributed by atoms with Gasteiger partial charge in [0.05, 0.1) is 0 Å². The second kappa shape index (κ2) is 3.80. The molecule has 0 aliphatic carbocycles. The predicted octanol–water partition coefficient (Wildman–Crippen LogP) is -0.296. The Hall–Kier alpha value is -1.01. The highest BCUT2D eigenvalue weighted by molar-refractivity contribution is 7.99. The van der Waals surface area contributed by atoms with Crippen molar-refractivity contribution in [3.8, 4) is 0 Å². The van der Waals surface area contributed by atoms with E-state index in [1.165, 1.54) is 11.8 Å². The van der Waals surface area contributed by atoms with E-state index < -0.39 is 11.4 Å². The lowest BCUT2D eigenvalue weighted by molar-refractivity contribution is -0.121. The maximum Gasteiger partial charge on any atom is 0.238 e. The highest BCUT2D eigenvalue weighted by Crippen LogP contribution is 2.16. The van der Waals surface area contributed by atoms with Crippen LogP contribution in [-0.2, 0) is 4.79 Å². The number of hydrogen-bond donors (Lipinski definition) is 3. The molecule has 0 fully saturated rings. The Balaban J connectivity index is 2.47. The van der Waals surface area contributed by atoms with Gasteiger partial charge in [-0.2, -0.15) is 0 Å². The molecular weight excluding hydrogens is 188 g/mol. The van der Waals surface area contributed by atoms with Crippen LogP contribution in [0.2, 0.25) is 0 Å². The van der Waals surface area contributed by atoms with Crippen molar-refractivity contribution in [3.63, 3.8) is 0 Å². The van der Waals surface area contributed by atoms with E-state index in [1.54, 1.807) is 19.3 Å². The number of H-pyrrole nitrogens is 1. The van der Waals surface area contributed by atoms with Crippen molar-refractivity contribution in [3.05, 3.63) is 12.4 Å². The monoisotopic (exact) mass is 200 g/mol. The van der Waals surface area contributed by atoms with Gasteiger partial charge < -0.3 is 16.5 Å². The number of carbonyl (C=O) groups excluding carboxylic acids is 1. The Morgan fingerprint density at radius 2 is 2.54 bits per heavy atom. The summed E-state index contributed by atoms with van der Waals surface area (Å²) in [5.41, 5.74) is 9.75. The zero-order valence-corrected chi connectivity index (χ0v) is 8.10. The topological polar surface area (TPSA) is 97.8 Å². The van der Waals surface area contributed by atoms with Gasteiger partial charge in [-0.3, -0.25) is 4.79 Å². The predicted molar refractivity (Wildman–Crippen MR) is 51.1 cm³/mol. The Morgan fingerprint density at radius 1 is 1.85 bits per heavy atom. The number of aromatic amines is 1. The average molecular weight is 200 g/mol. The highest BCUT2D eigenvalue weighted by atomic mass is 32.2. The lowest BCUT2D eigenvalue weighted by Gasteiger charge is -2.18. The van der Waals surface area contributed by atoms with Crippen molar-refractivity contribution in [2.24, 2.45) is 11.5 Å². The molecule has 1 unspecified atom stereocenters. The fraction of sp³-hybridized carbons (Fsp3) is 0.429. The molecule has 1 amide bonds. The van der Waals surface area contributed by atoms with Gasteiger partial charge in [0.15, 0.2) is 5.16 Å². The van der Waals surface area contributed by atoms with E-state index in [1.807, 2.05) is 0 Å². The number of thioether (sulfide) groups is 1. The summed E-state index contributed by atoms with van der Waals surface area (Å²) in [6.45, 7) is 1.60. The van der Waals surface area contributed by atoms with E-state index in [9.17, 15) is 4.79 Å². The molecule has 13 heavy (non-hydrogen) atoms. The third kappa shape index (κ3) is 2.74. The molecule has 0 aromatic carbocycles. The van der Waals surface area contributed by atoms with Crippen LogP contribution in [0.3, 0.4) is 0 Å². The molecule has 0 aliphatic heterocycles. The van der Waals surface area contributed by atoms with Crippen molar-refractivity contribution in [1.29, 1.82) is 0 Å². The van der Waals surface area contributed by atoms with Crippen molar-refractivity contribution >= 4 is 17.7 Å². The zero-order chi connectivity index (χ0) is 9.90. The molecule has 0 spiro atoms. The summed E-state index contributed by atoms with van der Waals surface area (Å²) in [7, 11) is 0. The number of imidazole rings is 1. The summed E-state index contributed by atoms with van der Waals surface area (Å²) in [5, 5.41) is 0.734. The fourth-order valence-electron chi connectivity index (χ4n) is 0.619. The first-order chi connectivity index (χ1) is 6.02. The lowest BCUT2D eigenvalue weighted by Crippen LogP contribution is -2.51. The highest BCUT2D eigenvalue weighted by Gasteiger charge is 2.25. The van der Waals surface area contributed by atoms with Crippen LogP contribution in [0.25, 0.3) is 0 Å². The van der Waals surface area contributed by atoms with Gasteiger partial charge in [0.2, 0.25) is 5.91 Å². The summed E-state index contributed by atoms with van der Waals surface area (Å²) in [6.07, 6.45) is 3.35. The Kier molecular flexibility index (Phi) is 2.94. The van der Waals surface area contributed by atoms with Gasteiger partial charge in [-0.25, -0.2) is 4.98 Å². The first-order valence-corrected chi connectivity index (χ1v) is 4.72. The van der Waals surface area contributed by atoms with Crippen LogP contribution in [0.1, 0.15) is 6.92 Å². The molecule has 1 atom stereocenters. The number of aromatic nitrogens is 2. The molecule has 0 saturated heterocycles. The van der Waals surface area contributed by atoms with E-state index in [4.69, 9.17) is 11.5 Å². The summed E-state index contributed by atoms with van der Waals surface area (Å²) < 4.78 is 0. The first-order valence-electron chi connectivity index (χ1n) is 3.73. The summed E-state index contributed by atoms with van der Waals surface area (Å²) in [5.74, 6) is -0.0953. The van der Waals surface area contributed by atoms with Gasteiger partial charge >= 0.3 is 0 Å². The Labute approximate surface area is 80.3 Å². The minimum Gasteiger partial charge on any atom is -0.368 e. The lowest BCUT2D eigenvalue weighted by atomic mass is 10.1. The molecular formula is C7H12N4OS. The van der Waals surface area contributed by atoms with Crippen LogP contribution in [0, 0.1) is 0 Å². The Morgan fingerprint density at radius 3 is 3.00 bits per heavy atom. The van der Waals surface area contributed by atoms with Crippen LogP contribution < -0.4 is 11.5 Å². The molecule has 1 heterocycles. The second-order valence-corrected chi connectivity index (χ2v) is 3.93. The van der Waals surface area contributed by atoms with Gasteiger partial charge in [-0.05, 0) is 6.92 Å². The number of nitrogens with two attached hydrogens (primary N) is 2. The molecule has 72 valence electrons. The summed E-state index contributed by atoms with van der Waals surface area (Å²) in [6, 6.07) is 0. The second-order valence-electron chi connectivity index (χ2n) is 2.96. The molecule has 1 rings (SSSR count). The molecule has 0 radical (unpaired) electrons.